The SMILES string of the molecule is Cc1ccn(C(C)C(=O)Nc2nn(Cc3ccccc3F)cc2Cl)n1. The van der Waals surface area contributed by atoms with Gasteiger partial charge >= 0.3 is 0 Å². The van der Waals surface area contributed by atoms with Crippen LogP contribution < -0.4 is 5.32 Å². The van der Waals surface area contributed by atoms with Gasteiger partial charge in [0.05, 0.1) is 12.2 Å². The van der Waals surface area contributed by atoms with E-state index in [-0.39, 0.29) is 29.1 Å². The van der Waals surface area contributed by atoms with Gasteiger partial charge < -0.3 is 5.32 Å². The average molecular weight is 362 g/mol. The molecule has 0 spiro atoms. The summed E-state index contributed by atoms with van der Waals surface area (Å²) < 4.78 is 16.8. The van der Waals surface area contributed by atoms with Crippen molar-refractivity contribution in [2.24, 2.45) is 0 Å². The van der Waals surface area contributed by atoms with E-state index >= 15 is 0 Å². The van der Waals surface area contributed by atoms with Gasteiger partial charge in [-0.3, -0.25) is 14.2 Å². The van der Waals surface area contributed by atoms with Crippen LogP contribution in [0.3, 0.4) is 0 Å². The number of rotatable bonds is 5. The first-order chi connectivity index (χ1) is 11.9. The number of hydrogen-bond donors (Lipinski definition) is 1. The lowest BCUT2D eigenvalue weighted by Crippen LogP contribution is -2.24. The Morgan fingerprint density at radius 2 is 2.08 bits per heavy atom. The molecule has 0 bridgehead atoms. The summed E-state index contributed by atoms with van der Waals surface area (Å²) in [5, 5.41) is 11.4. The first-order valence-corrected chi connectivity index (χ1v) is 8.11. The van der Waals surface area contributed by atoms with Gasteiger partial charge in [-0.15, -0.1) is 0 Å². The predicted octanol–water partition coefficient (Wildman–Crippen LogP) is 3.43. The summed E-state index contributed by atoms with van der Waals surface area (Å²) in [6, 6.07) is 7.74. The summed E-state index contributed by atoms with van der Waals surface area (Å²) in [7, 11) is 0. The highest BCUT2D eigenvalue weighted by Gasteiger charge is 2.19. The third-order valence-electron chi connectivity index (χ3n) is 3.77. The van der Waals surface area contributed by atoms with Crippen molar-refractivity contribution in [2.75, 3.05) is 5.32 Å². The van der Waals surface area contributed by atoms with E-state index in [1.807, 2.05) is 13.0 Å². The van der Waals surface area contributed by atoms with Crippen molar-refractivity contribution >= 4 is 23.3 Å². The van der Waals surface area contributed by atoms with Crippen LogP contribution in [0, 0.1) is 12.7 Å². The van der Waals surface area contributed by atoms with Crippen molar-refractivity contribution in [1.82, 2.24) is 19.6 Å². The van der Waals surface area contributed by atoms with Crippen LogP contribution in [0.5, 0.6) is 0 Å². The second kappa shape index (κ2) is 7.06. The molecule has 3 aromatic rings. The van der Waals surface area contributed by atoms with Gasteiger partial charge in [0.15, 0.2) is 5.82 Å². The molecule has 2 aromatic heterocycles. The van der Waals surface area contributed by atoms with Crippen LogP contribution in [0.1, 0.15) is 24.2 Å². The third-order valence-corrected chi connectivity index (χ3v) is 4.04. The Morgan fingerprint density at radius 1 is 1.32 bits per heavy atom. The zero-order valence-corrected chi connectivity index (χ0v) is 14.5. The molecule has 6 nitrogen and oxygen atoms in total. The highest BCUT2D eigenvalue weighted by Crippen LogP contribution is 2.21. The minimum atomic E-state index is -0.513. The quantitative estimate of drug-likeness (QED) is 0.757. The van der Waals surface area contributed by atoms with E-state index in [1.165, 1.54) is 10.7 Å². The zero-order valence-electron chi connectivity index (χ0n) is 13.8. The Kier molecular flexibility index (Phi) is 4.85. The van der Waals surface area contributed by atoms with Gasteiger partial charge in [0.2, 0.25) is 5.91 Å². The highest BCUT2D eigenvalue weighted by molar-refractivity contribution is 6.33. The monoisotopic (exact) mass is 361 g/mol. The minimum absolute atomic E-state index is 0.218. The first-order valence-electron chi connectivity index (χ1n) is 7.73. The molecule has 0 fully saturated rings. The molecule has 0 aliphatic heterocycles. The molecule has 0 aliphatic rings. The third kappa shape index (κ3) is 3.88. The highest BCUT2D eigenvalue weighted by atomic mass is 35.5. The van der Waals surface area contributed by atoms with Crippen LogP contribution in [0.4, 0.5) is 10.2 Å². The van der Waals surface area contributed by atoms with Crippen LogP contribution in [0.2, 0.25) is 5.02 Å². The Bertz CT molecular complexity index is 904. The number of aromatic nitrogens is 4. The summed E-state index contributed by atoms with van der Waals surface area (Å²) in [5.41, 5.74) is 1.31. The molecule has 0 aliphatic carbocycles. The summed E-state index contributed by atoms with van der Waals surface area (Å²) in [5.74, 6) is -0.373. The molecule has 0 saturated heterocycles. The maximum absolute atomic E-state index is 13.7. The predicted molar refractivity (Wildman–Crippen MR) is 93.0 cm³/mol. The molecule has 0 saturated carbocycles. The standard InChI is InChI=1S/C17H17ClFN5O/c1-11-7-8-24(21-11)12(2)17(25)20-16-14(18)10-23(22-16)9-13-5-3-4-6-15(13)19/h3-8,10,12H,9H2,1-2H3,(H,20,22,25). The number of benzene rings is 1. The summed E-state index contributed by atoms with van der Waals surface area (Å²) in [6.45, 7) is 3.80. The molecule has 0 radical (unpaired) electrons. The smallest absolute Gasteiger partial charge is 0.250 e. The molecule has 8 heteroatoms. The molecule has 1 amide bonds. The number of amides is 1. The van der Waals surface area contributed by atoms with Gasteiger partial charge in [-0.25, -0.2) is 4.39 Å². The van der Waals surface area contributed by atoms with E-state index < -0.39 is 6.04 Å². The minimum Gasteiger partial charge on any atom is -0.306 e. The first kappa shape index (κ1) is 17.2. The van der Waals surface area contributed by atoms with E-state index in [0.717, 1.165) is 5.69 Å². The van der Waals surface area contributed by atoms with E-state index in [2.05, 4.69) is 15.5 Å². The summed E-state index contributed by atoms with van der Waals surface area (Å²) in [4.78, 5) is 12.4. The molecule has 130 valence electrons. The van der Waals surface area contributed by atoms with Crippen LogP contribution in [0.25, 0.3) is 0 Å². The van der Waals surface area contributed by atoms with Gasteiger partial charge in [-0.2, -0.15) is 10.2 Å². The lowest BCUT2D eigenvalue weighted by molar-refractivity contribution is -0.119. The van der Waals surface area contributed by atoms with Crippen molar-refractivity contribution < 1.29 is 9.18 Å². The molecular formula is C17H17ClFN5O. The van der Waals surface area contributed by atoms with Crippen molar-refractivity contribution in [2.45, 2.75) is 26.4 Å². The number of hydrogen-bond acceptors (Lipinski definition) is 3. The van der Waals surface area contributed by atoms with Crippen LogP contribution in [-0.4, -0.2) is 25.5 Å². The van der Waals surface area contributed by atoms with E-state index in [0.29, 0.717) is 5.56 Å². The molecular weight excluding hydrogens is 345 g/mol. The van der Waals surface area contributed by atoms with Gasteiger partial charge in [-0.05, 0) is 26.0 Å². The Balaban J connectivity index is 1.72. The number of nitrogens with zero attached hydrogens (tertiary/aromatic N) is 4. The molecule has 1 unspecified atom stereocenters. The van der Waals surface area contributed by atoms with E-state index in [9.17, 15) is 9.18 Å². The number of carbonyl (C=O) groups is 1. The lowest BCUT2D eigenvalue weighted by atomic mass is 10.2. The van der Waals surface area contributed by atoms with Crippen LogP contribution in [-0.2, 0) is 11.3 Å². The van der Waals surface area contributed by atoms with Crippen molar-refractivity contribution in [3.63, 3.8) is 0 Å². The normalized spacial score (nSPS) is 12.2. The van der Waals surface area contributed by atoms with Gasteiger partial charge in [-0.1, -0.05) is 29.8 Å². The average Bonchev–Trinajstić information content (AvgIpc) is 3.15. The fraction of sp³-hybridized carbons (Fsp3) is 0.235. The van der Waals surface area contributed by atoms with Gasteiger partial charge in [0.1, 0.15) is 16.9 Å². The number of carbonyl (C=O) groups excluding carboxylic acids is 1. The topological polar surface area (TPSA) is 64.7 Å². The number of aryl methyl sites for hydroxylation is 1. The Labute approximate surface area is 149 Å². The van der Waals surface area contributed by atoms with Crippen LogP contribution >= 0.6 is 11.6 Å². The lowest BCUT2D eigenvalue weighted by Gasteiger charge is -2.11. The van der Waals surface area contributed by atoms with E-state index in [1.54, 1.807) is 42.2 Å². The number of halogens is 2. The van der Waals surface area contributed by atoms with Gasteiger partial charge in [0.25, 0.3) is 0 Å². The Morgan fingerprint density at radius 3 is 2.76 bits per heavy atom. The largest absolute Gasteiger partial charge is 0.306 e. The molecule has 1 aromatic carbocycles. The number of anilines is 1. The maximum Gasteiger partial charge on any atom is 0.250 e. The molecule has 1 N–H and O–H groups in total. The second-order valence-corrected chi connectivity index (χ2v) is 6.12. The fourth-order valence-corrected chi connectivity index (χ4v) is 2.55. The van der Waals surface area contributed by atoms with Crippen molar-refractivity contribution in [3.8, 4) is 0 Å². The van der Waals surface area contributed by atoms with Crippen molar-refractivity contribution in [1.29, 1.82) is 0 Å². The Hall–Kier alpha value is -2.67. The molecule has 1 atom stereocenters. The molecule has 25 heavy (non-hydrogen) atoms. The fourth-order valence-electron chi connectivity index (χ4n) is 2.35. The maximum atomic E-state index is 13.7. The number of nitrogens with one attached hydrogen (secondary N) is 1. The summed E-state index contributed by atoms with van der Waals surface area (Å²) in [6.07, 6.45) is 3.28. The second-order valence-electron chi connectivity index (χ2n) is 5.72. The van der Waals surface area contributed by atoms with Crippen molar-refractivity contribution in [3.05, 3.63) is 64.8 Å². The van der Waals surface area contributed by atoms with Crippen LogP contribution in [0.15, 0.2) is 42.7 Å². The van der Waals surface area contributed by atoms with Gasteiger partial charge in [0, 0.05) is 18.0 Å². The van der Waals surface area contributed by atoms with E-state index in [4.69, 9.17) is 11.6 Å². The zero-order chi connectivity index (χ0) is 18.0. The molecule has 2 heterocycles. The molecule has 3 rings (SSSR count). The summed E-state index contributed by atoms with van der Waals surface area (Å²) >= 11 is 6.14.